The maximum Gasteiger partial charge on any atom is 0.308 e. The van der Waals surface area contributed by atoms with Crippen molar-refractivity contribution < 1.29 is 61.3 Å². The Labute approximate surface area is 379 Å². The molecule has 66 heavy (non-hydrogen) atoms. The molecule has 5 atom stereocenters. The number of ether oxygens (including phenoxy) is 3. The van der Waals surface area contributed by atoms with E-state index in [-0.39, 0.29) is 18.7 Å². The van der Waals surface area contributed by atoms with Gasteiger partial charge in [-0.05, 0) is 47.2 Å². The number of esters is 2. The standard InChI is InChI=1S/C47H52F2N6O11/c1-25(2)40(53-43(59)33-19-18-27-12-9-10-17-32(27)50-33)46(62)52-35(22-39(58)65-6)44(60)54-41(26(3)4)47(63)55-23-29-14-8-7-13-28(29)20-36(55)45(61)51-34(21-38(57)64-5)37(56)24-66-42-30(48)15-11-16-31(42)49/h7-19,25-26,34-36,40-41H,20-24H2,1-6H3,(H,51,61)(H,52,62)(H,53,59)(H,54,60)/t34?,35-,36-,40-,41-/m0/s1. The second-order valence-electron chi connectivity index (χ2n) is 16.3. The minimum Gasteiger partial charge on any atom is -0.480 e. The van der Waals surface area contributed by atoms with Crippen LogP contribution in [0.4, 0.5) is 8.78 Å². The smallest absolute Gasteiger partial charge is 0.308 e. The molecule has 350 valence electrons. The van der Waals surface area contributed by atoms with Gasteiger partial charge >= 0.3 is 11.9 Å². The van der Waals surface area contributed by atoms with Gasteiger partial charge in [0.25, 0.3) is 5.91 Å². The molecule has 0 aliphatic carbocycles. The molecule has 5 amide bonds. The van der Waals surface area contributed by atoms with Crippen molar-refractivity contribution in [2.75, 3.05) is 20.8 Å². The lowest BCUT2D eigenvalue weighted by molar-refractivity contribution is -0.148. The molecule has 0 bridgehead atoms. The number of para-hydroxylation sites is 2. The van der Waals surface area contributed by atoms with Crippen molar-refractivity contribution in [1.29, 1.82) is 0 Å². The van der Waals surface area contributed by atoms with Gasteiger partial charge in [-0.2, -0.15) is 0 Å². The van der Waals surface area contributed by atoms with Crippen LogP contribution in [-0.2, 0) is 56.0 Å². The fraction of sp³-hybridized carbons (Fsp3) is 0.383. The number of nitrogens with one attached hydrogen (secondary N) is 4. The molecule has 0 radical (unpaired) electrons. The van der Waals surface area contributed by atoms with Crippen LogP contribution < -0.4 is 26.0 Å². The minimum absolute atomic E-state index is 0.0395. The van der Waals surface area contributed by atoms with E-state index in [1.165, 1.54) is 11.0 Å². The molecule has 4 aromatic rings. The summed E-state index contributed by atoms with van der Waals surface area (Å²) in [6.07, 6.45) is -1.43. The lowest BCUT2D eigenvalue weighted by Gasteiger charge is -2.39. The SMILES string of the molecule is COC(=O)CC(NC(=O)[C@@H]1Cc2ccccc2CN1C(=O)[C@@H](NC(=O)[C@H](CC(=O)OC)NC(=O)[C@@H](NC(=O)c1ccc2ccccc2n1)C(C)C)C(C)C)C(=O)COc1c(F)cccc1F. The van der Waals surface area contributed by atoms with Gasteiger partial charge in [-0.15, -0.1) is 0 Å². The summed E-state index contributed by atoms with van der Waals surface area (Å²) in [4.78, 5) is 114. The molecule has 1 aliphatic rings. The molecule has 19 heteroatoms. The van der Waals surface area contributed by atoms with Crippen LogP contribution >= 0.6 is 0 Å². The number of carbonyl (C=O) groups is 8. The summed E-state index contributed by atoms with van der Waals surface area (Å²) in [5, 5.41) is 11.1. The zero-order chi connectivity index (χ0) is 48.2. The number of amides is 5. The van der Waals surface area contributed by atoms with E-state index in [2.05, 4.69) is 26.3 Å². The van der Waals surface area contributed by atoms with Gasteiger partial charge in [-0.25, -0.2) is 13.8 Å². The van der Waals surface area contributed by atoms with Crippen molar-refractivity contribution in [2.45, 2.75) is 83.7 Å². The summed E-state index contributed by atoms with van der Waals surface area (Å²) in [5.74, 6) is -11.0. The van der Waals surface area contributed by atoms with Crippen LogP contribution in [0.5, 0.6) is 5.75 Å². The average Bonchev–Trinajstić information content (AvgIpc) is 3.30. The third-order valence-corrected chi connectivity index (χ3v) is 10.9. The van der Waals surface area contributed by atoms with E-state index < -0.39 is 126 Å². The highest BCUT2D eigenvalue weighted by Gasteiger charge is 2.41. The van der Waals surface area contributed by atoms with Crippen molar-refractivity contribution in [1.82, 2.24) is 31.2 Å². The van der Waals surface area contributed by atoms with E-state index in [1.807, 2.05) is 12.1 Å². The van der Waals surface area contributed by atoms with E-state index in [4.69, 9.17) is 14.2 Å². The number of rotatable bonds is 19. The fourth-order valence-corrected chi connectivity index (χ4v) is 7.23. The number of Topliss-reactive ketones (excluding diaryl/α,β-unsaturated/α-hetero) is 1. The molecule has 1 unspecified atom stereocenters. The van der Waals surface area contributed by atoms with Crippen molar-refractivity contribution in [2.24, 2.45) is 11.8 Å². The first-order valence-electron chi connectivity index (χ1n) is 21.1. The third-order valence-electron chi connectivity index (χ3n) is 10.9. The predicted molar refractivity (Wildman–Crippen MR) is 233 cm³/mol. The first-order valence-corrected chi connectivity index (χ1v) is 21.1. The van der Waals surface area contributed by atoms with Crippen LogP contribution in [0.15, 0.2) is 78.9 Å². The summed E-state index contributed by atoms with van der Waals surface area (Å²) in [6.45, 7) is 5.49. The molecular formula is C47H52F2N6O11. The maximum absolute atomic E-state index is 14.7. The van der Waals surface area contributed by atoms with E-state index >= 15 is 0 Å². The second kappa shape index (κ2) is 22.5. The number of hydrogen-bond acceptors (Lipinski definition) is 12. The van der Waals surface area contributed by atoms with E-state index in [0.29, 0.717) is 16.6 Å². The highest BCUT2D eigenvalue weighted by molar-refractivity contribution is 6.00. The summed E-state index contributed by atoms with van der Waals surface area (Å²) in [6, 6.07) is 13.1. The molecule has 1 aliphatic heterocycles. The molecule has 5 rings (SSSR count). The van der Waals surface area contributed by atoms with Crippen LogP contribution in [0, 0.1) is 23.5 Å². The van der Waals surface area contributed by atoms with Gasteiger partial charge in [0.15, 0.2) is 23.2 Å². The van der Waals surface area contributed by atoms with Crippen molar-refractivity contribution in [3.05, 3.63) is 107 Å². The van der Waals surface area contributed by atoms with E-state index in [9.17, 15) is 47.1 Å². The largest absolute Gasteiger partial charge is 0.480 e. The van der Waals surface area contributed by atoms with Crippen LogP contribution in [0.25, 0.3) is 10.9 Å². The number of aromatic nitrogens is 1. The highest BCUT2D eigenvalue weighted by Crippen LogP contribution is 2.26. The fourth-order valence-electron chi connectivity index (χ4n) is 7.23. The van der Waals surface area contributed by atoms with E-state index in [1.54, 1.807) is 70.2 Å². The van der Waals surface area contributed by atoms with Crippen molar-refractivity contribution in [3.63, 3.8) is 0 Å². The molecule has 0 saturated heterocycles. The summed E-state index contributed by atoms with van der Waals surface area (Å²) in [7, 11) is 2.15. The molecular weight excluding hydrogens is 863 g/mol. The minimum atomic E-state index is -1.62. The molecule has 0 spiro atoms. The monoisotopic (exact) mass is 914 g/mol. The summed E-state index contributed by atoms with van der Waals surface area (Å²) in [5.41, 5.74) is 1.95. The highest BCUT2D eigenvalue weighted by atomic mass is 19.1. The van der Waals surface area contributed by atoms with Gasteiger partial charge in [-0.3, -0.25) is 38.4 Å². The Morgan fingerprint density at radius 3 is 1.92 bits per heavy atom. The molecule has 4 N–H and O–H groups in total. The Bertz CT molecular complexity index is 2460. The Morgan fingerprint density at radius 2 is 1.29 bits per heavy atom. The van der Waals surface area contributed by atoms with Crippen LogP contribution in [0.3, 0.4) is 0 Å². The predicted octanol–water partition coefficient (Wildman–Crippen LogP) is 3.11. The van der Waals surface area contributed by atoms with Crippen molar-refractivity contribution >= 4 is 58.2 Å². The molecule has 1 aromatic heterocycles. The first kappa shape index (κ1) is 49.7. The van der Waals surface area contributed by atoms with Crippen LogP contribution in [0.1, 0.15) is 62.2 Å². The van der Waals surface area contributed by atoms with Gasteiger partial charge < -0.3 is 40.4 Å². The molecule has 0 fully saturated rings. The first-order chi connectivity index (χ1) is 31.4. The lowest BCUT2D eigenvalue weighted by atomic mass is 9.91. The topological polar surface area (TPSA) is 228 Å². The molecule has 0 saturated carbocycles. The molecule has 17 nitrogen and oxygen atoms in total. The van der Waals surface area contributed by atoms with Gasteiger partial charge in [0, 0.05) is 18.4 Å². The van der Waals surface area contributed by atoms with Gasteiger partial charge in [0.2, 0.25) is 23.6 Å². The Hall–Kier alpha value is -7.31. The summed E-state index contributed by atoms with van der Waals surface area (Å²) < 4.78 is 43.2. The van der Waals surface area contributed by atoms with Gasteiger partial charge in [0.05, 0.1) is 32.6 Å². The number of nitrogens with zero attached hydrogens (tertiary/aromatic N) is 2. The zero-order valence-electron chi connectivity index (χ0n) is 37.2. The number of methoxy groups -OCH3 is 2. The number of benzene rings is 3. The number of pyridine rings is 1. The number of halogens is 2. The van der Waals surface area contributed by atoms with Gasteiger partial charge in [0.1, 0.15) is 42.5 Å². The van der Waals surface area contributed by atoms with Crippen LogP contribution in [-0.4, -0.2) is 108 Å². The van der Waals surface area contributed by atoms with Crippen LogP contribution in [0.2, 0.25) is 0 Å². The zero-order valence-corrected chi connectivity index (χ0v) is 37.2. The van der Waals surface area contributed by atoms with E-state index in [0.717, 1.165) is 37.8 Å². The molecule has 2 heterocycles. The lowest BCUT2D eigenvalue weighted by Crippen LogP contribution is -2.62. The number of fused-ring (bicyclic) bond motifs is 2. The number of carbonyl (C=O) groups excluding carboxylic acids is 8. The normalized spacial score (nSPS) is 15.1. The van der Waals surface area contributed by atoms with Gasteiger partial charge in [-0.1, -0.05) is 82.3 Å². The van der Waals surface area contributed by atoms with Crippen molar-refractivity contribution in [3.8, 4) is 5.75 Å². The average molecular weight is 915 g/mol. The Balaban J connectivity index is 1.37. The maximum atomic E-state index is 14.7. The molecule has 3 aromatic carbocycles. The summed E-state index contributed by atoms with van der Waals surface area (Å²) >= 11 is 0. The third kappa shape index (κ3) is 12.5. The Kier molecular flexibility index (Phi) is 17.0. The quantitative estimate of drug-likeness (QED) is 0.0996. The number of hydrogen-bond donors (Lipinski definition) is 4. The number of ketones is 1. The Morgan fingerprint density at radius 1 is 0.682 bits per heavy atom. The second-order valence-corrected chi connectivity index (χ2v) is 16.3.